The fourth-order valence-corrected chi connectivity index (χ4v) is 7.34. The van der Waals surface area contributed by atoms with Gasteiger partial charge in [-0.25, -0.2) is 0 Å². The van der Waals surface area contributed by atoms with Gasteiger partial charge in [-0.1, -0.05) is 107 Å². The van der Waals surface area contributed by atoms with E-state index < -0.39 is 0 Å². The third-order valence-corrected chi connectivity index (χ3v) is 9.79. The monoisotopic (exact) mass is 701 g/mol. The van der Waals surface area contributed by atoms with E-state index in [0.29, 0.717) is 24.6 Å². The number of hydrogen-bond acceptors (Lipinski definition) is 4. The van der Waals surface area contributed by atoms with Crippen LogP contribution in [-0.4, -0.2) is 18.4 Å². The van der Waals surface area contributed by atoms with Crippen LogP contribution in [0.2, 0.25) is 10.0 Å². The summed E-state index contributed by atoms with van der Waals surface area (Å²) in [5.41, 5.74) is 12.1. The van der Waals surface area contributed by atoms with Gasteiger partial charge >= 0.3 is 5.97 Å². The summed E-state index contributed by atoms with van der Waals surface area (Å²) in [7, 11) is 0. The van der Waals surface area contributed by atoms with Gasteiger partial charge in [-0.05, 0) is 102 Å². The summed E-state index contributed by atoms with van der Waals surface area (Å²) in [5.74, 6) is 0.0296. The van der Waals surface area contributed by atoms with Crippen molar-refractivity contribution in [3.63, 3.8) is 0 Å². The highest BCUT2D eigenvalue weighted by Crippen LogP contribution is 2.46. The van der Waals surface area contributed by atoms with Crippen LogP contribution in [0, 0.1) is 11.3 Å². The van der Waals surface area contributed by atoms with E-state index in [1.807, 2.05) is 19.1 Å². The molecule has 0 aromatic heterocycles. The maximum atomic E-state index is 13.4. The van der Waals surface area contributed by atoms with Gasteiger partial charge in [0.05, 0.1) is 13.0 Å². The molecule has 0 amide bonds. The number of allylic oxidation sites excluding steroid dienone is 2. The fraction of sp³-hybridized carbons (Fsp3) is 0.429. The van der Waals surface area contributed by atoms with Gasteiger partial charge in [0.1, 0.15) is 5.84 Å². The van der Waals surface area contributed by atoms with Crippen molar-refractivity contribution in [3.05, 3.63) is 123 Å². The molecule has 3 aromatic carbocycles. The fourth-order valence-electron chi connectivity index (χ4n) is 6.81. The van der Waals surface area contributed by atoms with Crippen molar-refractivity contribution in [2.75, 3.05) is 11.5 Å². The number of nitrogens with one attached hydrogen (secondary N) is 1. The molecule has 5 nitrogen and oxygen atoms in total. The van der Waals surface area contributed by atoms with Crippen LogP contribution in [0.5, 0.6) is 0 Å². The zero-order chi connectivity index (χ0) is 35.7. The predicted molar refractivity (Wildman–Crippen MR) is 208 cm³/mol. The Morgan fingerprint density at radius 3 is 2.47 bits per heavy atom. The molecule has 1 unspecified atom stereocenters. The number of ether oxygens (including phenoxy) is 1. The van der Waals surface area contributed by atoms with Crippen LogP contribution >= 0.6 is 23.2 Å². The summed E-state index contributed by atoms with van der Waals surface area (Å²) in [4.78, 5) is 15.6. The maximum absolute atomic E-state index is 13.4. The Balaban J connectivity index is 1.98. The molecular weight excluding hydrogens is 649 g/mol. The minimum Gasteiger partial charge on any atom is -0.466 e. The van der Waals surface area contributed by atoms with E-state index in [4.69, 9.17) is 33.0 Å². The zero-order valence-corrected chi connectivity index (χ0v) is 31.7. The number of esters is 1. The molecule has 7 heteroatoms. The lowest BCUT2D eigenvalue weighted by atomic mass is 9.82. The molecule has 3 aromatic rings. The molecule has 0 saturated heterocycles. The Kier molecular flexibility index (Phi) is 13.6. The maximum Gasteiger partial charge on any atom is 0.306 e. The number of fused-ring (bicyclic) bond motifs is 1. The van der Waals surface area contributed by atoms with Gasteiger partial charge in [-0.15, -0.1) is 6.58 Å². The van der Waals surface area contributed by atoms with E-state index in [-0.39, 0.29) is 29.6 Å². The number of rotatable bonds is 14. The first-order valence-electron chi connectivity index (χ1n) is 17.6. The molecular formula is C42H53Cl2N3O2. The molecule has 2 atom stereocenters. The van der Waals surface area contributed by atoms with Crippen LogP contribution in [0.25, 0.3) is 0 Å². The summed E-state index contributed by atoms with van der Waals surface area (Å²) in [6, 6.07) is 19.1. The van der Waals surface area contributed by atoms with Crippen molar-refractivity contribution < 1.29 is 9.53 Å². The van der Waals surface area contributed by atoms with Crippen LogP contribution in [0.15, 0.2) is 84.6 Å². The highest BCUT2D eigenvalue weighted by atomic mass is 35.5. The third-order valence-electron chi connectivity index (χ3n) is 9.10. The lowest BCUT2D eigenvalue weighted by Gasteiger charge is -2.31. The van der Waals surface area contributed by atoms with Crippen molar-refractivity contribution in [3.8, 4) is 0 Å². The second-order valence-electron chi connectivity index (χ2n) is 14.2. The summed E-state index contributed by atoms with van der Waals surface area (Å²) >= 11 is 14.0. The minimum absolute atomic E-state index is 0.0244. The van der Waals surface area contributed by atoms with Gasteiger partial charge in [0.2, 0.25) is 0 Å². The summed E-state index contributed by atoms with van der Waals surface area (Å²) in [6.45, 7) is 21.8. The Morgan fingerprint density at radius 1 is 1.02 bits per heavy atom. The summed E-state index contributed by atoms with van der Waals surface area (Å²) < 4.78 is 5.56. The summed E-state index contributed by atoms with van der Waals surface area (Å²) in [6.07, 6.45) is 6.90. The first kappa shape index (κ1) is 38.3. The molecule has 1 aliphatic rings. The molecule has 262 valence electrons. The number of hydrazone groups is 1. The van der Waals surface area contributed by atoms with E-state index >= 15 is 0 Å². The minimum atomic E-state index is -0.307. The van der Waals surface area contributed by atoms with Gasteiger partial charge in [-0.2, -0.15) is 5.10 Å². The SMILES string of the molecule is C=CCCc1cccc(C2C[C@H](CC(=O)OCC)/C(=N\NC(=C)CC(C)(C)C)N(Cc3ccc(CC)cc3CC)c3ccc(Cl)cc32)c1Cl. The molecule has 49 heavy (non-hydrogen) atoms. The van der Waals surface area contributed by atoms with Gasteiger partial charge < -0.3 is 9.64 Å². The highest BCUT2D eigenvalue weighted by molar-refractivity contribution is 6.32. The van der Waals surface area contributed by atoms with Crippen LogP contribution < -0.4 is 10.3 Å². The molecule has 0 radical (unpaired) electrons. The Bertz CT molecular complexity index is 1670. The Labute approximate surface area is 304 Å². The summed E-state index contributed by atoms with van der Waals surface area (Å²) in [5, 5.41) is 6.51. The van der Waals surface area contributed by atoms with Crippen molar-refractivity contribution in [1.82, 2.24) is 5.43 Å². The number of anilines is 1. The van der Waals surface area contributed by atoms with Crippen molar-refractivity contribution in [2.45, 2.75) is 99.0 Å². The lowest BCUT2D eigenvalue weighted by molar-refractivity contribution is -0.143. The number of carbonyl (C=O) groups excluding carboxylic acids is 1. The zero-order valence-electron chi connectivity index (χ0n) is 30.2. The van der Waals surface area contributed by atoms with Crippen LogP contribution in [-0.2, 0) is 35.3 Å². The second kappa shape index (κ2) is 17.4. The topological polar surface area (TPSA) is 53.9 Å². The molecule has 4 rings (SSSR count). The molecule has 0 spiro atoms. The van der Waals surface area contributed by atoms with Crippen molar-refractivity contribution in [1.29, 1.82) is 0 Å². The molecule has 1 heterocycles. The van der Waals surface area contributed by atoms with Crippen molar-refractivity contribution >= 4 is 40.7 Å². The average Bonchev–Trinajstić information content (AvgIpc) is 3.16. The van der Waals surface area contributed by atoms with Gasteiger partial charge in [0, 0.05) is 39.8 Å². The smallest absolute Gasteiger partial charge is 0.306 e. The number of amidine groups is 1. The lowest BCUT2D eigenvalue weighted by Crippen LogP contribution is -2.38. The first-order valence-corrected chi connectivity index (χ1v) is 18.4. The van der Waals surface area contributed by atoms with E-state index in [1.54, 1.807) is 0 Å². The van der Waals surface area contributed by atoms with E-state index in [9.17, 15) is 4.79 Å². The number of aryl methyl sites for hydroxylation is 3. The van der Waals surface area contributed by atoms with Crippen LogP contribution in [0.4, 0.5) is 5.69 Å². The number of benzene rings is 3. The molecule has 0 fully saturated rings. The normalized spacial score (nSPS) is 17.0. The molecule has 0 aliphatic carbocycles. The first-order chi connectivity index (χ1) is 23.4. The number of nitrogens with zero attached hydrogens (tertiary/aromatic N) is 2. The van der Waals surface area contributed by atoms with Crippen LogP contribution in [0.3, 0.4) is 0 Å². The van der Waals surface area contributed by atoms with Crippen LogP contribution in [0.1, 0.15) is 107 Å². The molecule has 1 aliphatic heterocycles. The quantitative estimate of drug-likeness (QED) is 0.103. The molecule has 1 N–H and O–H groups in total. The molecule has 0 bridgehead atoms. The van der Waals surface area contributed by atoms with Gasteiger partial charge in [-0.3, -0.25) is 10.2 Å². The number of carbonyl (C=O) groups is 1. The van der Waals surface area contributed by atoms with Crippen molar-refractivity contribution in [2.24, 2.45) is 16.4 Å². The van der Waals surface area contributed by atoms with Gasteiger partial charge in [0.15, 0.2) is 0 Å². The average molecular weight is 703 g/mol. The number of halogens is 2. The Morgan fingerprint density at radius 2 is 1.80 bits per heavy atom. The highest BCUT2D eigenvalue weighted by Gasteiger charge is 2.37. The predicted octanol–water partition coefficient (Wildman–Crippen LogP) is 11.2. The second-order valence-corrected chi connectivity index (χ2v) is 15.0. The molecule has 0 saturated carbocycles. The standard InChI is InChI=1S/C42H53Cl2N3O2/c1-9-13-15-31-16-14-17-35(40(31)44)36-23-33(24-39(48)49-12-4)41(46-45-28(5)26-42(6,7)8)47(38-21-20-34(43)25-37(36)38)27-32-19-18-29(10-2)22-30(32)11-3/h9,14,16-22,25,33,36,45H,1,5,10-13,15,23-24,26-27H2,2-4,6-8H3/b46-41+/t33-,36?/m1/s1. The van der Waals surface area contributed by atoms with Gasteiger partial charge in [0.25, 0.3) is 0 Å². The third kappa shape index (κ3) is 10.0. The Hall–Kier alpha value is -3.54. The number of hydrogen-bond donors (Lipinski definition) is 1. The van der Waals surface area contributed by atoms with E-state index in [1.165, 1.54) is 16.7 Å². The largest absolute Gasteiger partial charge is 0.466 e. The van der Waals surface area contributed by atoms with E-state index in [0.717, 1.165) is 71.0 Å². The van der Waals surface area contributed by atoms with E-state index in [2.05, 4.69) is 107 Å².